The molecular formula is C21H24N4O5. The molecule has 0 bridgehead atoms. The van der Waals surface area contributed by atoms with E-state index in [4.69, 9.17) is 9.47 Å². The van der Waals surface area contributed by atoms with Crippen LogP contribution in [0, 0.1) is 0 Å². The van der Waals surface area contributed by atoms with Crippen LogP contribution in [0.4, 0.5) is 0 Å². The molecule has 2 aromatic heterocycles. The number of nitrogens with one attached hydrogen (secondary N) is 1. The normalized spacial score (nSPS) is 11.3. The van der Waals surface area contributed by atoms with Gasteiger partial charge in [0.05, 0.1) is 7.11 Å². The van der Waals surface area contributed by atoms with Crippen LogP contribution in [0.5, 0.6) is 5.75 Å². The van der Waals surface area contributed by atoms with Crippen LogP contribution in [0.25, 0.3) is 17.2 Å². The number of hydrogen-bond acceptors (Lipinski definition) is 6. The van der Waals surface area contributed by atoms with E-state index in [1.54, 1.807) is 32.4 Å². The zero-order chi connectivity index (χ0) is 21.7. The molecule has 9 heteroatoms. The van der Waals surface area contributed by atoms with Crippen molar-refractivity contribution in [1.82, 2.24) is 19.1 Å². The van der Waals surface area contributed by atoms with Gasteiger partial charge >= 0.3 is 11.7 Å². The van der Waals surface area contributed by atoms with Gasteiger partial charge < -0.3 is 14.0 Å². The summed E-state index contributed by atoms with van der Waals surface area (Å²) in [5.41, 5.74) is 0.367. The van der Waals surface area contributed by atoms with Gasteiger partial charge in [-0.1, -0.05) is 25.5 Å². The van der Waals surface area contributed by atoms with Crippen molar-refractivity contribution in [2.45, 2.75) is 32.9 Å². The molecule has 3 rings (SSSR count). The Balaban J connectivity index is 1.76. The Labute approximate surface area is 172 Å². The number of fused-ring (bicyclic) bond motifs is 1. The number of imidazole rings is 1. The summed E-state index contributed by atoms with van der Waals surface area (Å²) in [6.07, 6.45) is 4.61. The molecule has 1 N–H and O–H groups in total. The maximum atomic E-state index is 12.2. The SMILES string of the molecule is CCCCn1c(=O)[nH]c(=O)c2c1nc(COC(=O)/C=C/c1ccc(OC)cc1)n2C. The van der Waals surface area contributed by atoms with Gasteiger partial charge in [0.2, 0.25) is 0 Å². The highest BCUT2D eigenvalue weighted by Gasteiger charge is 2.17. The van der Waals surface area contributed by atoms with Crippen LogP contribution in [0.2, 0.25) is 0 Å². The van der Waals surface area contributed by atoms with Crippen LogP contribution >= 0.6 is 0 Å². The molecule has 0 fully saturated rings. The minimum Gasteiger partial charge on any atom is -0.497 e. The lowest BCUT2D eigenvalue weighted by atomic mass is 10.2. The lowest BCUT2D eigenvalue weighted by molar-refractivity contribution is -0.139. The van der Waals surface area contributed by atoms with E-state index in [0.29, 0.717) is 18.0 Å². The second-order valence-electron chi connectivity index (χ2n) is 6.74. The van der Waals surface area contributed by atoms with Gasteiger partial charge in [0.25, 0.3) is 5.56 Å². The van der Waals surface area contributed by atoms with Crippen molar-refractivity contribution in [3.8, 4) is 5.75 Å². The van der Waals surface area contributed by atoms with Crippen LogP contribution in [0.15, 0.2) is 39.9 Å². The highest BCUT2D eigenvalue weighted by Crippen LogP contribution is 2.13. The van der Waals surface area contributed by atoms with Gasteiger partial charge in [0.1, 0.15) is 18.2 Å². The molecule has 0 atom stereocenters. The summed E-state index contributed by atoms with van der Waals surface area (Å²) in [6.45, 7) is 2.33. The molecule has 158 valence electrons. The minimum absolute atomic E-state index is 0.127. The van der Waals surface area contributed by atoms with Gasteiger partial charge in [-0.05, 0) is 30.2 Å². The number of aromatic nitrogens is 4. The molecule has 0 spiro atoms. The van der Waals surface area contributed by atoms with E-state index < -0.39 is 17.2 Å². The predicted octanol–water partition coefficient (Wildman–Crippen LogP) is 1.99. The van der Waals surface area contributed by atoms with Crippen LogP contribution in [-0.2, 0) is 29.7 Å². The van der Waals surface area contributed by atoms with Crippen LogP contribution in [0.3, 0.4) is 0 Å². The summed E-state index contributed by atoms with van der Waals surface area (Å²) < 4.78 is 13.3. The molecule has 0 aliphatic rings. The zero-order valence-corrected chi connectivity index (χ0v) is 17.2. The van der Waals surface area contributed by atoms with Crippen molar-refractivity contribution in [1.29, 1.82) is 0 Å². The molecule has 0 radical (unpaired) electrons. The van der Waals surface area contributed by atoms with E-state index in [2.05, 4.69) is 9.97 Å². The number of hydrogen-bond donors (Lipinski definition) is 1. The largest absolute Gasteiger partial charge is 0.497 e. The van der Waals surface area contributed by atoms with Crippen molar-refractivity contribution in [3.63, 3.8) is 0 Å². The van der Waals surface area contributed by atoms with Gasteiger partial charge in [-0.3, -0.25) is 14.3 Å². The molecule has 0 unspecified atom stereocenters. The minimum atomic E-state index is -0.546. The summed E-state index contributed by atoms with van der Waals surface area (Å²) in [4.78, 5) is 43.2. The van der Waals surface area contributed by atoms with Crippen LogP contribution < -0.4 is 16.0 Å². The van der Waals surface area contributed by atoms with E-state index in [1.165, 1.54) is 15.2 Å². The fraction of sp³-hybridized carbons (Fsp3) is 0.333. The van der Waals surface area contributed by atoms with Gasteiger partial charge in [-0.2, -0.15) is 0 Å². The lowest BCUT2D eigenvalue weighted by Gasteiger charge is -2.04. The second-order valence-corrected chi connectivity index (χ2v) is 6.74. The Morgan fingerprint density at radius 2 is 1.97 bits per heavy atom. The first kappa shape index (κ1) is 21.1. The first-order chi connectivity index (χ1) is 14.4. The zero-order valence-electron chi connectivity index (χ0n) is 17.2. The topological polar surface area (TPSA) is 108 Å². The molecule has 9 nitrogen and oxygen atoms in total. The number of unbranched alkanes of at least 4 members (excludes halogenated alkanes) is 1. The Bertz CT molecular complexity index is 1190. The molecule has 30 heavy (non-hydrogen) atoms. The quantitative estimate of drug-likeness (QED) is 0.448. The second kappa shape index (κ2) is 9.25. The molecule has 0 saturated carbocycles. The molecule has 0 saturated heterocycles. The molecule has 0 amide bonds. The number of benzene rings is 1. The van der Waals surface area contributed by atoms with E-state index in [9.17, 15) is 14.4 Å². The monoisotopic (exact) mass is 412 g/mol. The van der Waals surface area contributed by atoms with Gasteiger partial charge in [0, 0.05) is 19.7 Å². The number of carbonyl (C=O) groups excluding carboxylic acids is 1. The highest BCUT2D eigenvalue weighted by atomic mass is 16.5. The third-order valence-corrected chi connectivity index (χ3v) is 4.71. The number of esters is 1. The predicted molar refractivity (Wildman–Crippen MR) is 112 cm³/mol. The van der Waals surface area contributed by atoms with Crippen molar-refractivity contribution in [3.05, 3.63) is 62.6 Å². The summed E-state index contributed by atoms with van der Waals surface area (Å²) >= 11 is 0. The molecular weight excluding hydrogens is 388 g/mol. The molecule has 0 aliphatic carbocycles. The maximum absolute atomic E-state index is 12.2. The summed E-state index contributed by atoms with van der Waals surface area (Å²) in [6, 6.07) is 7.21. The average molecular weight is 412 g/mol. The van der Waals surface area contributed by atoms with E-state index >= 15 is 0 Å². The number of methoxy groups -OCH3 is 1. The number of rotatable bonds is 8. The summed E-state index contributed by atoms with van der Waals surface area (Å²) in [7, 11) is 3.23. The Morgan fingerprint density at radius 1 is 1.23 bits per heavy atom. The van der Waals surface area contributed by atoms with Crippen molar-refractivity contribution in [2.24, 2.45) is 7.05 Å². The lowest BCUT2D eigenvalue weighted by Crippen LogP contribution is -2.31. The van der Waals surface area contributed by atoms with E-state index in [0.717, 1.165) is 24.2 Å². The number of H-pyrrole nitrogens is 1. The number of carbonyl (C=O) groups is 1. The first-order valence-corrected chi connectivity index (χ1v) is 9.62. The Kier molecular flexibility index (Phi) is 6.51. The fourth-order valence-corrected chi connectivity index (χ4v) is 3.01. The standard InChI is InChI=1S/C21H24N4O5/c1-4-5-12-25-19-18(20(27)23-21(25)28)24(2)16(22-19)13-30-17(26)11-8-14-6-9-15(29-3)10-7-14/h6-11H,4-5,12-13H2,1-3H3,(H,23,27,28)/b11-8+. The molecule has 0 aliphatic heterocycles. The number of nitrogens with zero attached hydrogens (tertiary/aromatic N) is 3. The summed E-state index contributed by atoms with van der Waals surface area (Å²) in [5, 5.41) is 0. The third kappa shape index (κ3) is 4.51. The van der Waals surface area contributed by atoms with E-state index in [1.807, 2.05) is 19.1 Å². The first-order valence-electron chi connectivity index (χ1n) is 9.62. The Hall–Kier alpha value is -3.62. The fourth-order valence-electron chi connectivity index (χ4n) is 3.01. The highest BCUT2D eigenvalue weighted by molar-refractivity contribution is 5.87. The molecule has 1 aromatic carbocycles. The number of aromatic amines is 1. The molecule has 2 heterocycles. The third-order valence-electron chi connectivity index (χ3n) is 4.71. The average Bonchev–Trinajstić information content (AvgIpc) is 3.07. The van der Waals surface area contributed by atoms with Crippen molar-refractivity contribution in [2.75, 3.05) is 7.11 Å². The van der Waals surface area contributed by atoms with Crippen molar-refractivity contribution < 1.29 is 14.3 Å². The van der Waals surface area contributed by atoms with Crippen LogP contribution in [-0.4, -0.2) is 32.2 Å². The number of aryl methyl sites for hydroxylation is 2. The Morgan fingerprint density at radius 3 is 2.63 bits per heavy atom. The van der Waals surface area contributed by atoms with Crippen molar-refractivity contribution >= 4 is 23.2 Å². The molecule has 3 aromatic rings. The summed E-state index contributed by atoms with van der Waals surface area (Å²) in [5.74, 6) is 0.552. The van der Waals surface area contributed by atoms with E-state index in [-0.39, 0.29) is 12.1 Å². The van der Waals surface area contributed by atoms with Gasteiger partial charge in [-0.15, -0.1) is 0 Å². The van der Waals surface area contributed by atoms with Gasteiger partial charge in [-0.25, -0.2) is 14.6 Å². The maximum Gasteiger partial charge on any atom is 0.331 e. The smallest absolute Gasteiger partial charge is 0.331 e. The van der Waals surface area contributed by atoms with Gasteiger partial charge in [0.15, 0.2) is 11.2 Å². The van der Waals surface area contributed by atoms with Crippen LogP contribution in [0.1, 0.15) is 31.2 Å². The number of ether oxygens (including phenoxy) is 2.